The molecule has 1 amide bonds. The molecule has 0 unspecified atom stereocenters. The van der Waals surface area contributed by atoms with Crippen LogP contribution in [-0.4, -0.2) is 64.9 Å². The number of benzene rings is 2. The van der Waals surface area contributed by atoms with E-state index in [0.29, 0.717) is 54.6 Å². The molecule has 1 aliphatic rings. The van der Waals surface area contributed by atoms with E-state index in [4.69, 9.17) is 14.0 Å². The van der Waals surface area contributed by atoms with Crippen molar-refractivity contribution in [3.63, 3.8) is 0 Å². The van der Waals surface area contributed by atoms with E-state index in [1.807, 2.05) is 37.8 Å². The van der Waals surface area contributed by atoms with Crippen LogP contribution in [0.2, 0.25) is 0 Å². The third-order valence-electron chi connectivity index (χ3n) is 5.47. The summed E-state index contributed by atoms with van der Waals surface area (Å²) < 4.78 is 16.2. The number of hydrogen-bond acceptors (Lipinski definition) is 9. The van der Waals surface area contributed by atoms with E-state index >= 15 is 0 Å². The molecule has 2 aromatic carbocycles. The van der Waals surface area contributed by atoms with Gasteiger partial charge in [0.15, 0.2) is 0 Å². The third-order valence-corrected chi connectivity index (χ3v) is 5.47. The largest absolute Gasteiger partial charge is 0.496 e. The first-order valence-electron chi connectivity index (χ1n) is 11.1. The van der Waals surface area contributed by atoms with E-state index in [2.05, 4.69) is 10.1 Å². The second-order valence-electron chi connectivity index (χ2n) is 9.04. The number of aromatic nitrogens is 2. The molecule has 2 heterocycles. The number of ether oxygens (including phenoxy) is 2. The molecule has 1 aliphatic heterocycles. The molecule has 0 aliphatic carbocycles. The zero-order valence-corrected chi connectivity index (χ0v) is 20.1. The van der Waals surface area contributed by atoms with Crippen LogP contribution in [0, 0.1) is 10.1 Å². The molecule has 11 heteroatoms. The molecule has 4 rings (SSSR count). The third kappa shape index (κ3) is 5.34. The van der Waals surface area contributed by atoms with E-state index in [1.54, 1.807) is 36.3 Å². The normalized spacial score (nSPS) is 14.1. The van der Waals surface area contributed by atoms with Crippen molar-refractivity contribution in [3.05, 3.63) is 52.6 Å². The molecule has 0 radical (unpaired) electrons. The predicted octanol–water partition coefficient (Wildman–Crippen LogP) is 4.38. The maximum atomic E-state index is 12.3. The van der Waals surface area contributed by atoms with Gasteiger partial charge in [0.1, 0.15) is 17.0 Å². The Hall–Kier alpha value is -4.15. The summed E-state index contributed by atoms with van der Waals surface area (Å²) >= 11 is 0. The smallest absolute Gasteiger partial charge is 0.410 e. The Morgan fingerprint density at radius 2 is 1.83 bits per heavy atom. The van der Waals surface area contributed by atoms with E-state index in [0.717, 1.165) is 0 Å². The Balaban J connectivity index is 1.53. The maximum Gasteiger partial charge on any atom is 0.410 e. The van der Waals surface area contributed by atoms with Crippen molar-refractivity contribution in [3.8, 4) is 28.6 Å². The second-order valence-corrected chi connectivity index (χ2v) is 9.04. The summed E-state index contributed by atoms with van der Waals surface area (Å²) in [5, 5.41) is 15.9. The van der Waals surface area contributed by atoms with Crippen LogP contribution < -0.4 is 9.64 Å². The Morgan fingerprint density at radius 1 is 1.11 bits per heavy atom. The number of carbonyl (C=O) groups excluding carboxylic acids is 1. The summed E-state index contributed by atoms with van der Waals surface area (Å²) in [5.74, 6) is 1.07. The van der Waals surface area contributed by atoms with Crippen molar-refractivity contribution in [1.29, 1.82) is 0 Å². The van der Waals surface area contributed by atoms with Crippen molar-refractivity contribution >= 4 is 17.5 Å². The lowest BCUT2D eigenvalue weighted by Crippen LogP contribution is -2.50. The molecular formula is C24H27N5O6. The van der Waals surface area contributed by atoms with Crippen molar-refractivity contribution in [2.45, 2.75) is 26.4 Å². The van der Waals surface area contributed by atoms with E-state index in [-0.39, 0.29) is 17.7 Å². The molecule has 0 atom stereocenters. The lowest BCUT2D eigenvalue weighted by Gasteiger charge is -2.36. The van der Waals surface area contributed by atoms with Gasteiger partial charge < -0.3 is 23.8 Å². The van der Waals surface area contributed by atoms with Crippen LogP contribution in [0.15, 0.2) is 47.0 Å². The average molecular weight is 482 g/mol. The van der Waals surface area contributed by atoms with Crippen LogP contribution in [0.1, 0.15) is 20.8 Å². The van der Waals surface area contributed by atoms with Gasteiger partial charge in [0.25, 0.3) is 11.6 Å². The standard InChI is InChI=1S/C24H27N5O6/c1-24(2,3)34-23(30)28-13-11-27(12-14-28)18-10-9-16(15-19(18)29(31)32)22-25-21(26-35-22)17-7-5-6-8-20(17)33-4/h5-10,15H,11-14H2,1-4H3. The van der Waals surface area contributed by atoms with E-state index < -0.39 is 10.5 Å². The second kappa shape index (κ2) is 9.61. The fraction of sp³-hybridized carbons (Fsp3) is 0.375. The summed E-state index contributed by atoms with van der Waals surface area (Å²) in [6.45, 7) is 7.13. The zero-order valence-electron chi connectivity index (χ0n) is 20.1. The van der Waals surface area contributed by atoms with Crippen LogP contribution in [0.4, 0.5) is 16.2 Å². The lowest BCUT2D eigenvalue weighted by atomic mass is 10.1. The van der Waals surface area contributed by atoms with Crippen LogP contribution in [-0.2, 0) is 4.74 Å². The summed E-state index contributed by atoms with van der Waals surface area (Å²) in [7, 11) is 1.55. The van der Waals surface area contributed by atoms with Crippen molar-refractivity contribution in [1.82, 2.24) is 15.0 Å². The average Bonchev–Trinajstić information content (AvgIpc) is 3.33. The molecule has 1 fully saturated rings. The van der Waals surface area contributed by atoms with Gasteiger partial charge in [0, 0.05) is 37.8 Å². The molecule has 0 spiro atoms. The molecule has 11 nitrogen and oxygen atoms in total. The van der Waals surface area contributed by atoms with Gasteiger partial charge in [-0.2, -0.15) is 4.98 Å². The van der Waals surface area contributed by atoms with Gasteiger partial charge in [-0.1, -0.05) is 17.3 Å². The summed E-state index contributed by atoms with van der Waals surface area (Å²) in [6, 6.07) is 12.1. The fourth-order valence-corrected chi connectivity index (χ4v) is 3.81. The number of rotatable bonds is 5. The first-order chi connectivity index (χ1) is 16.7. The number of anilines is 1. The molecule has 0 saturated carbocycles. The number of nitro benzene ring substituents is 1. The van der Waals surface area contributed by atoms with Gasteiger partial charge in [-0.25, -0.2) is 4.79 Å². The number of hydrogen-bond donors (Lipinski definition) is 0. The quantitative estimate of drug-likeness (QED) is 0.386. The minimum atomic E-state index is -0.580. The topological polar surface area (TPSA) is 124 Å². The van der Waals surface area contributed by atoms with Crippen LogP contribution in [0.25, 0.3) is 22.8 Å². The highest BCUT2D eigenvalue weighted by Crippen LogP contribution is 2.35. The molecular weight excluding hydrogens is 454 g/mol. The molecule has 3 aromatic rings. The molecule has 0 bridgehead atoms. The van der Waals surface area contributed by atoms with Crippen molar-refractivity contribution in [2.75, 3.05) is 38.2 Å². The van der Waals surface area contributed by atoms with Crippen LogP contribution in [0.5, 0.6) is 5.75 Å². The molecule has 1 saturated heterocycles. The Morgan fingerprint density at radius 3 is 2.49 bits per heavy atom. The number of piperazine rings is 1. The van der Waals surface area contributed by atoms with E-state index in [1.165, 1.54) is 6.07 Å². The highest BCUT2D eigenvalue weighted by molar-refractivity contribution is 5.73. The zero-order chi connectivity index (χ0) is 25.2. The number of para-hydroxylation sites is 1. The number of amides is 1. The summed E-state index contributed by atoms with van der Waals surface area (Å²) in [5.41, 5.74) is 0.890. The minimum Gasteiger partial charge on any atom is -0.496 e. The Bertz CT molecular complexity index is 1230. The van der Waals surface area contributed by atoms with Crippen molar-refractivity contribution < 1.29 is 23.7 Å². The number of nitro groups is 1. The Kier molecular flexibility index (Phi) is 6.59. The van der Waals surface area contributed by atoms with E-state index in [9.17, 15) is 14.9 Å². The SMILES string of the molecule is COc1ccccc1-c1noc(-c2ccc(N3CCN(C(=O)OC(C)(C)C)CC3)c([N+](=O)[O-])c2)n1. The summed E-state index contributed by atoms with van der Waals surface area (Å²) in [6.07, 6.45) is -0.385. The van der Waals surface area contributed by atoms with Gasteiger partial charge >= 0.3 is 6.09 Å². The van der Waals surface area contributed by atoms with Gasteiger partial charge in [0.05, 0.1) is 17.6 Å². The Labute approximate surface area is 202 Å². The molecule has 184 valence electrons. The highest BCUT2D eigenvalue weighted by atomic mass is 16.6. The monoisotopic (exact) mass is 481 g/mol. The molecule has 0 N–H and O–H groups in total. The van der Waals surface area contributed by atoms with Gasteiger partial charge in [-0.15, -0.1) is 0 Å². The number of carbonyl (C=O) groups is 1. The number of nitrogens with zero attached hydrogens (tertiary/aromatic N) is 5. The highest BCUT2D eigenvalue weighted by Gasteiger charge is 2.29. The van der Waals surface area contributed by atoms with Gasteiger partial charge in [-0.3, -0.25) is 10.1 Å². The van der Waals surface area contributed by atoms with Crippen LogP contribution in [0.3, 0.4) is 0 Å². The molecule has 35 heavy (non-hydrogen) atoms. The maximum absolute atomic E-state index is 12.3. The van der Waals surface area contributed by atoms with Gasteiger partial charge in [0.2, 0.25) is 5.82 Å². The fourth-order valence-electron chi connectivity index (χ4n) is 3.81. The number of methoxy groups -OCH3 is 1. The lowest BCUT2D eigenvalue weighted by molar-refractivity contribution is -0.384. The first kappa shape index (κ1) is 24.0. The minimum absolute atomic E-state index is 0.0785. The molecule has 1 aromatic heterocycles. The first-order valence-corrected chi connectivity index (χ1v) is 11.1. The summed E-state index contributed by atoms with van der Waals surface area (Å²) in [4.78, 5) is 31.7. The van der Waals surface area contributed by atoms with Crippen molar-refractivity contribution in [2.24, 2.45) is 0 Å². The van der Waals surface area contributed by atoms with Crippen LogP contribution >= 0.6 is 0 Å². The van der Waals surface area contributed by atoms with Gasteiger partial charge in [-0.05, 0) is 45.0 Å². The predicted molar refractivity (Wildman–Crippen MR) is 128 cm³/mol.